The summed E-state index contributed by atoms with van der Waals surface area (Å²) in [5, 5.41) is 12.6. The van der Waals surface area contributed by atoms with Crippen molar-refractivity contribution in [2.75, 3.05) is 13.1 Å². The predicted octanol–water partition coefficient (Wildman–Crippen LogP) is 4.06. The number of aromatic nitrogens is 2. The van der Waals surface area contributed by atoms with Crippen molar-refractivity contribution in [1.82, 2.24) is 14.3 Å². The van der Waals surface area contributed by atoms with Gasteiger partial charge >= 0.3 is 0 Å². The highest BCUT2D eigenvalue weighted by Crippen LogP contribution is 2.36. The predicted molar refractivity (Wildman–Crippen MR) is 106 cm³/mol. The highest BCUT2D eigenvalue weighted by atomic mass is 35.5. The van der Waals surface area contributed by atoms with Crippen LogP contribution in [0.4, 0.5) is 5.69 Å². The number of nitro benzene ring substituents is 1. The summed E-state index contributed by atoms with van der Waals surface area (Å²) in [4.78, 5) is 18.7. The highest BCUT2D eigenvalue weighted by Gasteiger charge is 2.29. The Balaban J connectivity index is 1.69. The van der Waals surface area contributed by atoms with E-state index in [2.05, 4.69) is 9.97 Å². The van der Waals surface area contributed by atoms with Gasteiger partial charge in [-0.1, -0.05) is 11.6 Å². The van der Waals surface area contributed by atoms with Crippen LogP contribution in [0.15, 0.2) is 51.3 Å². The van der Waals surface area contributed by atoms with Crippen LogP contribution in [0.25, 0.3) is 11.0 Å². The van der Waals surface area contributed by atoms with Gasteiger partial charge in [0.2, 0.25) is 10.0 Å². The van der Waals surface area contributed by atoms with Gasteiger partial charge < -0.3 is 4.98 Å². The Bertz CT molecular complexity index is 1170. The molecule has 11 heteroatoms. The molecule has 2 aromatic carbocycles. The molecule has 1 fully saturated rings. The lowest BCUT2D eigenvalue weighted by molar-refractivity contribution is -0.388. The zero-order valence-corrected chi connectivity index (χ0v) is 16.9. The fraction of sp³-hybridized carbons (Fsp3) is 0.235. The van der Waals surface area contributed by atoms with Gasteiger partial charge in [-0.2, -0.15) is 4.31 Å². The monoisotopic (exact) mass is 438 g/mol. The number of halogens is 1. The fourth-order valence-electron chi connectivity index (χ4n) is 3.08. The minimum Gasteiger partial charge on any atom is -0.333 e. The molecule has 0 atom stereocenters. The average molecular weight is 439 g/mol. The van der Waals surface area contributed by atoms with Crippen LogP contribution in [0, 0.1) is 10.1 Å². The van der Waals surface area contributed by atoms with Crippen molar-refractivity contribution in [2.45, 2.75) is 27.8 Å². The minimum atomic E-state index is -3.73. The van der Waals surface area contributed by atoms with E-state index in [0.717, 1.165) is 30.7 Å². The average Bonchev–Trinajstić information content (AvgIpc) is 3.31. The molecule has 1 aromatic heterocycles. The van der Waals surface area contributed by atoms with Crippen molar-refractivity contribution in [1.29, 1.82) is 0 Å². The first kappa shape index (κ1) is 19.2. The lowest BCUT2D eigenvalue weighted by Crippen LogP contribution is -2.27. The van der Waals surface area contributed by atoms with Crippen molar-refractivity contribution >= 4 is 50.1 Å². The number of rotatable bonds is 5. The highest BCUT2D eigenvalue weighted by molar-refractivity contribution is 7.99. The quantitative estimate of drug-likeness (QED) is 0.475. The largest absolute Gasteiger partial charge is 0.333 e. The van der Waals surface area contributed by atoms with Crippen molar-refractivity contribution in [3.63, 3.8) is 0 Å². The van der Waals surface area contributed by atoms with Gasteiger partial charge in [-0.05, 0) is 54.9 Å². The molecule has 0 amide bonds. The number of nitrogens with zero attached hydrogens (tertiary/aromatic N) is 3. The van der Waals surface area contributed by atoms with E-state index in [1.165, 1.54) is 16.4 Å². The number of nitro groups is 1. The van der Waals surface area contributed by atoms with Crippen LogP contribution in [0.3, 0.4) is 0 Å². The van der Waals surface area contributed by atoms with Gasteiger partial charge in [0.1, 0.15) is 0 Å². The Hall–Kier alpha value is -2.14. The molecule has 1 aliphatic heterocycles. The third kappa shape index (κ3) is 3.60. The molecule has 1 saturated heterocycles. The number of hydrogen-bond donors (Lipinski definition) is 1. The molecule has 0 bridgehead atoms. The number of H-pyrrole nitrogens is 1. The molecule has 0 aliphatic carbocycles. The van der Waals surface area contributed by atoms with Crippen LogP contribution in [-0.2, 0) is 10.0 Å². The molecule has 0 unspecified atom stereocenters. The fourth-order valence-corrected chi connectivity index (χ4v) is 5.67. The topological polar surface area (TPSA) is 109 Å². The van der Waals surface area contributed by atoms with Crippen molar-refractivity contribution in [2.24, 2.45) is 0 Å². The Labute approximate surface area is 170 Å². The molecule has 146 valence electrons. The summed E-state index contributed by atoms with van der Waals surface area (Å²) in [6.45, 7) is 0.877. The molecule has 28 heavy (non-hydrogen) atoms. The zero-order valence-electron chi connectivity index (χ0n) is 14.5. The number of hydrogen-bond acceptors (Lipinski definition) is 6. The minimum absolute atomic E-state index is 0.0677. The smallest absolute Gasteiger partial charge is 0.284 e. The molecule has 0 spiro atoms. The molecular weight excluding hydrogens is 424 g/mol. The summed E-state index contributed by atoms with van der Waals surface area (Å²) in [6, 6.07) is 9.15. The summed E-state index contributed by atoms with van der Waals surface area (Å²) in [5.74, 6) is 0. The van der Waals surface area contributed by atoms with E-state index in [0.29, 0.717) is 39.2 Å². The maximum absolute atomic E-state index is 12.7. The molecule has 2 heterocycles. The van der Waals surface area contributed by atoms with Gasteiger partial charge in [0.25, 0.3) is 5.69 Å². The number of fused-ring (bicyclic) bond motifs is 1. The normalized spacial score (nSPS) is 15.3. The lowest BCUT2D eigenvalue weighted by Gasteiger charge is -2.15. The van der Waals surface area contributed by atoms with Gasteiger partial charge in [-0.3, -0.25) is 10.1 Å². The van der Waals surface area contributed by atoms with Crippen LogP contribution in [-0.4, -0.2) is 40.7 Å². The van der Waals surface area contributed by atoms with Gasteiger partial charge in [0, 0.05) is 24.2 Å². The van der Waals surface area contributed by atoms with Gasteiger partial charge in [0.05, 0.1) is 25.7 Å². The van der Waals surface area contributed by atoms with Crippen molar-refractivity contribution in [3.05, 3.63) is 51.5 Å². The maximum Gasteiger partial charge on any atom is 0.284 e. The SMILES string of the molecule is O=[N+]([O-])c1cc(S(=O)(=O)N2CCCC2)ccc1Sc1nc2ccc(Cl)cc2[nH]1. The van der Waals surface area contributed by atoms with Crippen LogP contribution in [0.2, 0.25) is 5.02 Å². The summed E-state index contributed by atoms with van der Waals surface area (Å²) < 4.78 is 26.8. The molecule has 1 N–H and O–H groups in total. The third-order valence-electron chi connectivity index (χ3n) is 4.46. The molecule has 1 aliphatic rings. The van der Waals surface area contributed by atoms with Crippen LogP contribution < -0.4 is 0 Å². The second-order valence-electron chi connectivity index (χ2n) is 6.30. The Morgan fingerprint density at radius 1 is 1.18 bits per heavy atom. The number of benzene rings is 2. The summed E-state index contributed by atoms with van der Waals surface area (Å²) in [5.41, 5.74) is 1.12. The van der Waals surface area contributed by atoms with Gasteiger partial charge in [0.15, 0.2) is 5.16 Å². The maximum atomic E-state index is 12.7. The first-order chi connectivity index (χ1) is 13.3. The number of nitrogens with one attached hydrogen (secondary N) is 1. The summed E-state index contributed by atoms with van der Waals surface area (Å²) >= 11 is 7.03. The standard InChI is InChI=1S/C17H15ClN4O4S2/c18-11-3-5-13-14(9-11)20-17(19-13)27-16-6-4-12(10-15(16)22(23)24)28(25,26)21-7-1-2-8-21/h3-6,9-10H,1-2,7-8H2,(H,19,20). The Morgan fingerprint density at radius 3 is 2.64 bits per heavy atom. The van der Waals surface area contributed by atoms with E-state index < -0.39 is 14.9 Å². The first-order valence-corrected chi connectivity index (χ1v) is 11.1. The molecule has 3 aromatic rings. The summed E-state index contributed by atoms with van der Waals surface area (Å²) in [6.07, 6.45) is 1.59. The van der Waals surface area contributed by atoms with E-state index in [4.69, 9.17) is 11.6 Å². The first-order valence-electron chi connectivity index (χ1n) is 8.46. The van der Waals surface area contributed by atoms with Gasteiger partial charge in [-0.25, -0.2) is 13.4 Å². The molecule has 8 nitrogen and oxygen atoms in total. The zero-order chi connectivity index (χ0) is 19.9. The van der Waals surface area contributed by atoms with E-state index in [1.54, 1.807) is 18.2 Å². The van der Waals surface area contributed by atoms with Crippen molar-refractivity contribution < 1.29 is 13.3 Å². The van der Waals surface area contributed by atoms with E-state index in [1.807, 2.05) is 0 Å². The molecular formula is C17H15ClN4O4S2. The lowest BCUT2D eigenvalue weighted by atomic mass is 10.3. The van der Waals surface area contributed by atoms with Gasteiger partial charge in [-0.15, -0.1) is 0 Å². The second kappa shape index (κ2) is 7.36. The summed E-state index contributed by atoms with van der Waals surface area (Å²) in [7, 11) is -3.73. The third-order valence-corrected chi connectivity index (χ3v) is 7.54. The Kier molecular flexibility index (Phi) is 5.04. The van der Waals surface area contributed by atoms with E-state index >= 15 is 0 Å². The molecule has 0 radical (unpaired) electrons. The van der Waals surface area contributed by atoms with Crippen LogP contribution >= 0.6 is 23.4 Å². The Morgan fingerprint density at radius 2 is 1.93 bits per heavy atom. The molecule has 4 rings (SSSR count). The van der Waals surface area contributed by atoms with Crippen LogP contribution in [0.5, 0.6) is 0 Å². The van der Waals surface area contributed by atoms with Crippen molar-refractivity contribution in [3.8, 4) is 0 Å². The number of aromatic amines is 1. The van der Waals surface area contributed by atoms with E-state index in [-0.39, 0.29) is 10.6 Å². The molecule has 0 saturated carbocycles. The van der Waals surface area contributed by atoms with Crippen LogP contribution in [0.1, 0.15) is 12.8 Å². The second-order valence-corrected chi connectivity index (χ2v) is 9.71. The number of imidazole rings is 1. The van der Waals surface area contributed by atoms with E-state index in [9.17, 15) is 18.5 Å². The number of sulfonamides is 1.